The molecule has 0 amide bonds. The molecule has 0 aliphatic rings. The molecule has 0 saturated heterocycles. The standard InChI is InChI=1S/C12H17NO/c1-4-9(2)8-12(14)11-7-10(3)5-6-13-11/h5-7,9H,4,8H2,1-3H3. The van der Waals surface area contributed by atoms with Crippen molar-refractivity contribution < 1.29 is 4.79 Å². The van der Waals surface area contributed by atoms with E-state index in [4.69, 9.17) is 0 Å². The Kier molecular flexibility index (Phi) is 3.81. The maximum atomic E-state index is 11.7. The van der Waals surface area contributed by atoms with Gasteiger partial charge in [-0.3, -0.25) is 9.78 Å². The summed E-state index contributed by atoms with van der Waals surface area (Å²) in [5, 5.41) is 0. The lowest BCUT2D eigenvalue weighted by atomic mass is 10.00. The molecule has 0 aliphatic carbocycles. The SMILES string of the molecule is CCC(C)CC(=O)c1cc(C)ccn1. The van der Waals surface area contributed by atoms with Crippen LogP contribution in [0.1, 0.15) is 42.7 Å². The average Bonchev–Trinajstić information content (AvgIpc) is 2.17. The van der Waals surface area contributed by atoms with Crippen LogP contribution in [0.3, 0.4) is 0 Å². The highest BCUT2D eigenvalue weighted by Crippen LogP contribution is 2.11. The molecule has 0 radical (unpaired) electrons. The van der Waals surface area contributed by atoms with Gasteiger partial charge >= 0.3 is 0 Å². The monoisotopic (exact) mass is 191 g/mol. The van der Waals surface area contributed by atoms with E-state index >= 15 is 0 Å². The molecule has 14 heavy (non-hydrogen) atoms. The number of carbonyl (C=O) groups excluding carboxylic acids is 1. The number of pyridine rings is 1. The third-order valence-electron chi connectivity index (χ3n) is 2.43. The smallest absolute Gasteiger partial charge is 0.181 e. The molecule has 1 atom stereocenters. The van der Waals surface area contributed by atoms with Crippen molar-refractivity contribution in [1.29, 1.82) is 0 Å². The van der Waals surface area contributed by atoms with E-state index in [0.717, 1.165) is 12.0 Å². The molecule has 0 bridgehead atoms. The quantitative estimate of drug-likeness (QED) is 0.685. The van der Waals surface area contributed by atoms with E-state index in [2.05, 4.69) is 18.8 Å². The van der Waals surface area contributed by atoms with Crippen LogP contribution in [-0.2, 0) is 0 Å². The van der Waals surface area contributed by atoms with Gasteiger partial charge in [-0.05, 0) is 30.5 Å². The minimum Gasteiger partial charge on any atom is -0.292 e. The summed E-state index contributed by atoms with van der Waals surface area (Å²) in [7, 11) is 0. The van der Waals surface area contributed by atoms with Crippen LogP contribution in [0, 0.1) is 12.8 Å². The third-order valence-corrected chi connectivity index (χ3v) is 2.43. The van der Waals surface area contributed by atoms with Gasteiger partial charge in [0.1, 0.15) is 5.69 Å². The largest absolute Gasteiger partial charge is 0.292 e. The van der Waals surface area contributed by atoms with Crippen molar-refractivity contribution in [2.75, 3.05) is 0 Å². The first-order chi connectivity index (χ1) is 6.63. The summed E-state index contributed by atoms with van der Waals surface area (Å²) in [6.45, 7) is 6.16. The van der Waals surface area contributed by atoms with Crippen molar-refractivity contribution in [2.45, 2.75) is 33.6 Å². The number of hydrogen-bond acceptors (Lipinski definition) is 2. The fourth-order valence-electron chi connectivity index (χ4n) is 1.25. The number of hydrogen-bond donors (Lipinski definition) is 0. The number of nitrogens with zero attached hydrogens (tertiary/aromatic N) is 1. The van der Waals surface area contributed by atoms with Gasteiger partial charge in [-0.2, -0.15) is 0 Å². The van der Waals surface area contributed by atoms with E-state index in [1.165, 1.54) is 0 Å². The summed E-state index contributed by atoms with van der Waals surface area (Å²) in [4.78, 5) is 15.8. The summed E-state index contributed by atoms with van der Waals surface area (Å²) < 4.78 is 0. The van der Waals surface area contributed by atoms with Crippen LogP contribution in [0.15, 0.2) is 18.3 Å². The lowest BCUT2D eigenvalue weighted by Crippen LogP contribution is -2.07. The van der Waals surface area contributed by atoms with E-state index in [-0.39, 0.29) is 5.78 Å². The lowest BCUT2D eigenvalue weighted by molar-refractivity contribution is 0.0958. The third kappa shape index (κ3) is 2.95. The number of carbonyl (C=O) groups is 1. The molecule has 0 fully saturated rings. The maximum absolute atomic E-state index is 11.7. The van der Waals surface area contributed by atoms with Gasteiger partial charge in [0.05, 0.1) is 0 Å². The van der Waals surface area contributed by atoms with Gasteiger partial charge in [-0.15, -0.1) is 0 Å². The van der Waals surface area contributed by atoms with Crippen molar-refractivity contribution in [3.63, 3.8) is 0 Å². The molecule has 0 saturated carbocycles. The Morgan fingerprint density at radius 3 is 2.86 bits per heavy atom. The van der Waals surface area contributed by atoms with Crippen molar-refractivity contribution in [3.05, 3.63) is 29.6 Å². The fraction of sp³-hybridized carbons (Fsp3) is 0.500. The zero-order chi connectivity index (χ0) is 10.6. The molecular weight excluding hydrogens is 174 g/mol. The highest BCUT2D eigenvalue weighted by Gasteiger charge is 2.10. The molecular formula is C12H17NO. The zero-order valence-corrected chi connectivity index (χ0v) is 9.08. The Morgan fingerprint density at radius 1 is 1.57 bits per heavy atom. The Balaban J connectivity index is 2.70. The van der Waals surface area contributed by atoms with Gasteiger partial charge in [0, 0.05) is 12.6 Å². The summed E-state index contributed by atoms with van der Waals surface area (Å²) >= 11 is 0. The van der Waals surface area contributed by atoms with Gasteiger partial charge < -0.3 is 0 Å². The predicted octanol–water partition coefficient (Wildman–Crippen LogP) is 3.01. The number of rotatable bonds is 4. The molecule has 76 valence electrons. The van der Waals surface area contributed by atoms with Gasteiger partial charge in [0.2, 0.25) is 0 Å². The van der Waals surface area contributed by atoms with E-state index < -0.39 is 0 Å². The van der Waals surface area contributed by atoms with Crippen LogP contribution in [0.4, 0.5) is 0 Å². The Morgan fingerprint density at radius 2 is 2.29 bits per heavy atom. The highest BCUT2D eigenvalue weighted by atomic mass is 16.1. The first-order valence-electron chi connectivity index (χ1n) is 5.09. The van der Waals surface area contributed by atoms with Crippen molar-refractivity contribution in [1.82, 2.24) is 4.98 Å². The first kappa shape index (κ1) is 10.9. The molecule has 0 aromatic carbocycles. The molecule has 1 aromatic heterocycles. The number of aromatic nitrogens is 1. The van der Waals surface area contributed by atoms with Gasteiger partial charge in [-0.25, -0.2) is 0 Å². The first-order valence-corrected chi connectivity index (χ1v) is 5.09. The number of aryl methyl sites for hydroxylation is 1. The van der Waals surface area contributed by atoms with Gasteiger partial charge in [0.25, 0.3) is 0 Å². The summed E-state index contributed by atoms with van der Waals surface area (Å²) in [6.07, 6.45) is 3.34. The fourth-order valence-corrected chi connectivity index (χ4v) is 1.25. The minimum atomic E-state index is 0.156. The summed E-state index contributed by atoms with van der Waals surface area (Å²) in [5.41, 5.74) is 1.69. The molecule has 1 unspecified atom stereocenters. The molecule has 0 spiro atoms. The normalized spacial score (nSPS) is 12.5. The summed E-state index contributed by atoms with van der Waals surface area (Å²) in [5.74, 6) is 0.605. The Labute approximate surface area is 85.4 Å². The van der Waals surface area contributed by atoms with Crippen LogP contribution in [0.5, 0.6) is 0 Å². The highest BCUT2D eigenvalue weighted by molar-refractivity contribution is 5.94. The van der Waals surface area contributed by atoms with Crippen molar-refractivity contribution in [2.24, 2.45) is 5.92 Å². The second-order valence-corrected chi connectivity index (χ2v) is 3.86. The molecule has 0 N–H and O–H groups in total. The van der Waals surface area contributed by atoms with Gasteiger partial charge in [0.15, 0.2) is 5.78 Å². The Bertz CT molecular complexity index is 320. The Hall–Kier alpha value is -1.18. The average molecular weight is 191 g/mol. The molecule has 2 heteroatoms. The number of ketones is 1. The van der Waals surface area contributed by atoms with Crippen molar-refractivity contribution >= 4 is 5.78 Å². The maximum Gasteiger partial charge on any atom is 0.181 e. The van der Waals surface area contributed by atoms with Crippen LogP contribution < -0.4 is 0 Å². The van der Waals surface area contributed by atoms with Crippen LogP contribution in [0.25, 0.3) is 0 Å². The molecule has 1 heterocycles. The van der Waals surface area contributed by atoms with Crippen LogP contribution in [-0.4, -0.2) is 10.8 Å². The molecule has 1 aromatic rings. The van der Waals surface area contributed by atoms with Crippen LogP contribution in [0.2, 0.25) is 0 Å². The molecule has 2 nitrogen and oxygen atoms in total. The summed E-state index contributed by atoms with van der Waals surface area (Å²) in [6, 6.07) is 3.75. The predicted molar refractivity (Wildman–Crippen MR) is 57.4 cm³/mol. The van der Waals surface area contributed by atoms with Crippen molar-refractivity contribution in [3.8, 4) is 0 Å². The van der Waals surface area contributed by atoms with E-state index in [0.29, 0.717) is 18.0 Å². The second kappa shape index (κ2) is 4.89. The second-order valence-electron chi connectivity index (χ2n) is 3.86. The van der Waals surface area contributed by atoms with Crippen LogP contribution >= 0.6 is 0 Å². The minimum absolute atomic E-state index is 0.156. The lowest BCUT2D eigenvalue weighted by Gasteiger charge is -2.06. The van der Waals surface area contributed by atoms with E-state index in [1.807, 2.05) is 19.1 Å². The van der Waals surface area contributed by atoms with Gasteiger partial charge in [-0.1, -0.05) is 20.3 Å². The van der Waals surface area contributed by atoms with E-state index in [1.54, 1.807) is 6.20 Å². The number of Topliss-reactive ketones (excluding diaryl/α,β-unsaturated/α-hetero) is 1. The van der Waals surface area contributed by atoms with E-state index in [9.17, 15) is 4.79 Å². The molecule has 0 aliphatic heterocycles. The zero-order valence-electron chi connectivity index (χ0n) is 9.08. The topological polar surface area (TPSA) is 30.0 Å². The molecule has 1 rings (SSSR count).